The Morgan fingerprint density at radius 2 is 1.80 bits per heavy atom. The Balaban J connectivity index is 2.62. The zero-order chi connectivity index (χ0) is 15.0. The number of sulfonamides is 1. The van der Waals surface area contributed by atoms with Gasteiger partial charge in [0.2, 0.25) is 10.0 Å². The third kappa shape index (κ3) is 5.11. The van der Waals surface area contributed by atoms with Crippen LogP contribution in [0.2, 0.25) is 0 Å². The van der Waals surface area contributed by atoms with Crippen LogP contribution in [0, 0.1) is 0 Å². The van der Waals surface area contributed by atoms with Gasteiger partial charge in [0.25, 0.3) is 0 Å². The van der Waals surface area contributed by atoms with E-state index in [0.29, 0.717) is 6.54 Å². The molecule has 2 N–H and O–H groups in total. The Morgan fingerprint density at radius 1 is 1.15 bits per heavy atom. The Hall–Kier alpha value is -1.11. The maximum Gasteiger partial charge on any atom is 0.240 e. The van der Waals surface area contributed by atoms with Crippen LogP contribution in [0.5, 0.6) is 0 Å². The summed E-state index contributed by atoms with van der Waals surface area (Å²) in [6, 6.07) is 6.88. The standard InChI is InChI=1S/C14H24N2O3S/c1-3-15-20(18,19)14-9-7-13(8-10-14)16(2)11-5-4-6-12-17/h7-10,15,17H,3-6,11-12H2,1-2H3. The summed E-state index contributed by atoms with van der Waals surface area (Å²) in [4.78, 5) is 2.37. The van der Waals surface area contributed by atoms with E-state index in [1.807, 2.05) is 19.2 Å². The van der Waals surface area contributed by atoms with Gasteiger partial charge in [0.05, 0.1) is 4.90 Å². The highest BCUT2D eigenvalue weighted by Gasteiger charge is 2.12. The van der Waals surface area contributed by atoms with Crippen molar-refractivity contribution in [1.29, 1.82) is 0 Å². The number of unbranched alkanes of at least 4 members (excludes halogenated alkanes) is 2. The van der Waals surface area contributed by atoms with Crippen molar-refractivity contribution in [3.63, 3.8) is 0 Å². The average molecular weight is 300 g/mol. The van der Waals surface area contributed by atoms with E-state index in [1.165, 1.54) is 0 Å². The van der Waals surface area contributed by atoms with E-state index in [9.17, 15) is 8.42 Å². The van der Waals surface area contributed by atoms with Crippen LogP contribution in [0.1, 0.15) is 26.2 Å². The fraction of sp³-hybridized carbons (Fsp3) is 0.571. The molecule has 0 saturated heterocycles. The van der Waals surface area contributed by atoms with Crippen LogP contribution in [0.4, 0.5) is 5.69 Å². The number of aliphatic hydroxyl groups is 1. The molecule has 0 amide bonds. The summed E-state index contributed by atoms with van der Waals surface area (Å²) in [6.07, 6.45) is 2.83. The van der Waals surface area contributed by atoms with E-state index in [4.69, 9.17) is 5.11 Å². The number of aliphatic hydroxyl groups excluding tert-OH is 1. The van der Waals surface area contributed by atoms with Gasteiger partial charge in [-0.05, 0) is 43.5 Å². The number of hydrogen-bond acceptors (Lipinski definition) is 4. The fourth-order valence-electron chi connectivity index (χ4n) is 1.92. The number of hydrogen-bond donors (Lipinski definition) is 2. The van der Waals surface area contributed by atoms with Gasteiger partial charge in [-0.25, -0.2) is 13.1 Å². The topological polar surface area (TPSA) is 69.6 Å². The van der Waals surface area contributed by atoms with E-state index in [-0.39, 0.29) is 11.5 Å². The summed E-state index contributed by atoms with van der Waals surface area (Å²) < 4.78 is 26.1. The van der Waals surface area contributed by atoms with Crippen LogP contribution in [-0.2, 0) is 10.0 Å². The fourth-order valence-corrected chi connectivity index (χ4v) is 2.96. The summed E-state index contributed by atoms with van der Waals surface area (Å²) in [7, 11) is -1.39. The quantitative estimate of drug-likeness (QED) is 0.679. The highest BCUT2D eigenvalue weighted by molar-refractivity contribution is 7.89. The van der Waals surface area contributed by atoms with Crippen LogP contribution < -0.4 is 9.62 Å². The molecule has 0 aliphatic carbocycles. The minimum atomic E-state index is -3.37. The minimum Gasteiger partial charge on any atom is -0.396 e. The molecule has 0 radical (unpaired) electrons. The third-order valence-corrected chi connectivity index (χ3v) is 4.64. The molecular weight excluding hydrogens is 276 g/mol. The molecule has 1 aromatic rings. The van der Waals surface area contributed by atoms with Crippen LogP contribution in [0.3, 0.4) is 0 Å². The van der Waals surface area contributed by atoms with Gasteiger partial charge in [-0.2, -0.15) is 0 Å². The molecular formula is C14H24N2O3S. The molecule has 0 unspecified atom stereocenters. The van der Waals surface area contributed by atoms with Gasteiger partial charge >= 0.3 is 0 Å². The predicted molar refractivity (Wildman–Crippen MR) is 81.5 cm³/mol. The predicted octanol–water partition coefficient (Wildman–Crippen LogP) is 1.58. The molecule has 0 atom stereocenters. The van der Waals surface area contributed by atoms with Crippen molar-refractivity contribution in [3.8, 4) is 0 Å². The normalized spacial score (nSPS) is 11.6. The number of nitrogens with zero attached hydrogens (tertiary/aromatic N) is 1. The Bertz CT molecular complexity index is 486. The van der Waals surface area contributed by atoms with Gasteiger partial charge in [-0.1, -0.05) is 6.92 Å². The first-order valence-corrected chi connectivity index (χ1v) is 8.41. The largest absolute Gasteiger partial charge is 0.396 e. The summed E-state index contributed by atoms with van der Waals surface area (Å²) in [5.74, 6) is 0. The van der Waals surface area contributed by atoms with Gasteiger partial charge < -0.3 is 10.0 Å². The molecule has 0 aliphatic heterocycles. The van der Waals surface area contributed by atoms with Crippen LogP contribution >= 0.6 is 0 Å². The first-order chi connectivity index (χ1) is 9.51. The molecule has 114 valence electrons. The molecule has 0 aromatic heterocycles. The monoisotopic (exact) mass is 300 g/mol. The molecule has 20 heavy (non-hydrogen) atoms. The summed E-state index contributed by atoms with van der Waals surface area (Å²) in [6.45, 7) is 3.26. The smallest absolute Gasteiger partial charge is 0.240 e. The lowest BCUT2D eigenvalue weighted by atomic mass is 10.2. The second-order valence-corrected chi connectivity index (χ2v) is 6.47. The molecule has 0 spiro atoms. The molecule has 1 rings (SSSR count). The SMILES string of the molecule is CCNS(=O)(=O)c1ccc(N(C)CCCCCO)cc1. The number of anilines is 1. The van der Waals surface area contributed by atoms with Crippen LogP contribution in [0.15, 0.2) is 29.2 Å². The molecule has 6 heteroatoms. The molecule has 0 saturated carbocycles. The van der Waals surface area contributed by atoms with Gasteiger partial charge in [0.1, 0.15) is 0 Å². The number of nitrogens with one attached hydrogen (secondary N) is 1. The Labute approximate surface area is 121 Å². The maximum atomic E-state index is 11.8. The van der Waals surface area contributed by atoms with Gasteiger partial charge in [-0.3, -0.25) is 0 Å². The average Bonchev–Trinajstić information content (AvgIpc) is 2.43. The lowest BCUT2D eigenvalue weighted by Crippen LogP contribution is -2.23. The highest BCUT2D eigenvalue weighted by atomic mass is 32.2. The second kappa shape index (κ2) is 8.24. The van der Waals surface area contributed by atoms with Crippen LogP contribution in [-0.4, -0.2) is 40.3 Å². The van der Waals surface area contributed by atoms with Crippen molar-refractivity contribution in [2.24, 2.45) is 0 Å². The second-order valence-electron chi connectivity index (χ2n) is 4.70. The molecule has 1 aromatic carbocycles. The van der Waals surface area contributed by atoms with Gasteiger partial charge in [-0.15, -0.1) is 0 Å². The highest BCUT2D eigenvalue weighted by Crippen LogP contribution is 2.17. The third-order valence-electron chi connectivity index (χ3n) is 3.07. The van der Waals surface area contributed by atoms with Gasteiger partial charge in [0.15, 0.2) is 0 Å². The van der Waals surface area contributed by atoms with Crippen molar-refractivity contribution in [3.05, 3.63) is 24.3 Å². The first kappa shape index (κ1) is 16.9. The van der Waals surface area contributed by atoms with Crippen molar-refractivity contribution < 1.29 is 13.5 Å². The zero-order valence-electron chi connectivity index (χ0n) is 12.2. The summed E-state index contributed by atoms with van der Waals surface area (Å²) >= 11 is 0. The molecule has 0 fully saturated rings. The maximum absolute atomic E-state index is 11.8. The Kier molecular flexibility index (Phi) is 6.98. The first-order valence-electron chi connectivity index (χ1n) is 6.93. The van der Waals surface area contributed by atoms with E-state index in [2.05, 4.69) is 9.62 Å². The van der Waals surface area contributed by atoms with E-state index in [1.54, 1.807) is 19.1 Å². The molecule has 0 heterocycles. The number of rotatable bonds is 9. The lowest BCUT2D eigenvalue weighted by Gasteiger charge is -2.19. The van der Waals surface area contributed by atoms with E-state index >= 15 is 0 Å². The van der Waals surface area contributed by atoms with Gasteiger partial charge in [0, 0.05) is 32.4 Å². The molecule has 5 nitrogen and oxygen atoms in total. The van der Waals surface area contributed by atoms with Crippen molar-refractivity contribution in [1.82, 2.24) is 4.72 Å². The van der Waals surface area contributed by atoms with Crippen LogP contribution in [0.25, 0.3) is 0 Å². The minimum absolute atomic E-state index is 0.237. The van der Waals surface area contributed by atoms with Crippen molar-refractivity contribution in [2.45, 2.75) is 31.1 Å². The summed E-state index contributed by atoms with van der Waals surface area (Å²) in [5.41, 5.74) is 0.990. The Morgan fingerprint density at radius 3 is 2.35 bits per heavy atom. The van der Waals surface area contributed by atoms with E-state index < -0.39 is 10.0 Å². The molecule has 0 aliphatic rings. The molecule has 0 bridgehead atoms. The summed E-state index contributed by atoms with van der Waals surface area (Å²) in [5, 5.41) is 8.72. The lowest BCUT2D eigenvalue weighted by molar-refractivity contribution is 0.283. The van der Waals surface area contributed by atoms with E-state index in [0.717, 1.165) is 31.5 Å². The van der Waals surface area contributed by atoms with Crippen molar-refractivity contribution in [2.75, 3.05) is 31.6 Å². The number of benzene rings is 1. The zero-order valence-corrected chi connectivity index (χ0v) is 13.0. The van der Waals surface area contributed by atoms with Crippen molar-refractivity contribution >= 4 is 15.7 Å².